The molecule has 1 N–H and O–H groups in total. The summed E-state index contributed by atoms with van der Waals surface area (Å²) in [5, 5.41) is 3.56. The Kier molecular flexibility index (Phi) is 3.62. The van der Waals surface area contributed by atoms with Gasteiger partial charge in [0.1, 0.15) is 0 Å². The first-order valence-corrected chi connectivity index (χ1v) is 5.80. The molecule has 0 aromatic rings. The molecule has 0 aromatic carbocycles. The van der Waals surface area contributed by atoms with Crippen LogP contribution in [-0.4, -0.2) is 23.8 Å². The van der Waals surface area contributed by atoms with Gasteiger partial charge in [-0.1, -0.05) is 11.6 Å². The Balaban J connectivity index is 2.52. The number of hydrogen-bond donors (Lipinski definition) is 1. The summed E-state index contributed by atoms with van der Waals surface area (Å²) in [6.07, 6.45) is 3.30. The van der Waals surface area contributed by atoms with Crippen molar-refractivity contribution in [2.75, 3.05) is 6.54 Å². The SMILES string of the molecule is CC(C)=CCNC1CC(C)(C)OC1(C)C. The third-order valence-corrected chi connectivity index (χ3v) is 2.95. The summed E-state index contributed by atoms with van der Waals surface area (Å²) >= 11 is 0. The Labute approximate surface area is 94.1 Å². The van der Waals surface area contributed by atoms with E-state index in [1.807, 2.05) is 0 Å². The van der Waals surface area contributed by atoms with Gasteiger partial charge in [-0.3, -0.25) is 0 Å². The van der Waals surface area contributed by atoms with E-state index in [0.717, 1.165) is 13.0 Å². The van der Waals surface area contributed by atoms with Crippen LogP contribution in [0.3, 0.4) is 0 Å². The van der Waals surface area contributed by atoms with Crippen LogP contribution in [0.25, 0.3) is 0 Å². The molecule has 0 aromatic heterocycles. The van der Waals surface area contributed by atoms with E-state index in [1.165, 1.54) is 5.57 Å². The zero-order valence-electron chi connectivity index (χ0n) is 11.0. The summed E-state index contributed by atoms with van der Waals surface area (Å²) in [6.45, 7) is 13.9. The second-order valence-electron chi connectivity index (χ2n) is 5.91. The number of rotatable bonds is 3. The van der Waals surface area contributed by atoms with Gasteiger partial charge in [0, 0.05) is 12.6 Å². The molecule has 88 valence electrons. The molecule has 0 spiro atoms. The topological polar surface area (TPSA) is 21.3 Å². The molecular weight excluding hydrogens is 186 g/mol. The lowest BCUT2D eigenvalue weighted by Gasteiger charge is -2.27. The van der Waals surface area contributed by atoms with Crippen LogP contribution in [0.1, 0.15) is 48.0 Å². The van der Waals surface area contributed by atoms with Gasteiger partial charge in [0.15, 0.2) is 0 Å². The molecule has 1 heterocycles. The van der Waals surface area contributed by atoms with E-state index < -0.39 is 0 Å². The van der Waals surface area contributed by atoms with Crippen LogP contribution in [0, 0.1) is 0 Å². The van der Waals surface area contributed by atoms with E-state index in [0.29, 0.717) is 6.04 Å². The van der Waals surface area contributed by atoms with Crippen molar-refractivity contribution in [1.29, 1.82) is 0 Å². The Hall–Kier alpha value is -0.340. The highest BCUT2D eigenvalue weighted by molar-refractivity contribution is 5.01. The maximum atomic E-state index is 6.02. The predicted octanol–water partition coefficient (Wildman–Crippen LogP) is 2.89. The molecule has 0 amide bonds. The molecule has 0 aliphatic carbocycles. The molecular formula is C13H25NO. The Morgan fingerprint density at radius 1 is 1.33 bits per heavy atom. The quantitative estimate of drug-likeness (QED) is 0.725. The molecule has 15 heavy (non-hydrogen) atoms. The lowest BCUT2D eigenvalue weighted by molar-refractivity contribution is -0.0696. The molecule has 1 unspecified atom stereocenters. The van der Waals surface area contributed by atoms with Crippen LogP contribution >= 0.6 is 0 Å². The first kappa shape index (κ1) is 12.7. The van der Waals surface area contributed by atoms with Crippen LogP contribution in [-0.2, 0) is 4.74 Å². The van der Waals surface area contributed by atoms with E-state index in [1.54, 1.807) is 0 Å². The molecule has 1 aliphatic heterocycles. The molecule has 1 atom stereocenters. The smallest absolute Gasteiger partial charge is 0.0787 e. The Morgan fingerprint density at radius 3 is 2.33 bits per heavy atom. The minimum atomic E-state index is -0.0566. The molecule has 2 nitrogen and oxygen atoms in total. The van der Waals surface area contributed by atoms with E-state index in [9.17, 15) is 0 Å². The molecule has 0 radical (unpaired) electrons. The van der Waals surface area contributed by atoms with Crippen molar-refractivity contribution in [3.05, 3.63) is 11.6 Å². The Bertz CT molecular complexity index is 249. The molecule has 1 aliphatic rings. The zero-order chi connectivity index (χ0) is 11.7. The first-order valence-electron chi connectivity index (χ1n) is 5.80. The van der Waals surface area contributed by atoms with Gasteiger partial charge in [-0.15, -0.1) is 0 Å². The summed E-state index contributed by atoms with van der Waals surface area (Å²) < 4.78 is 6.02. The van der Waals surface area contributed by atoms with Gasteiger partial charge in [0.2, 0.25) is 0 Å². The lowest BCUT2D eigenvalue weighted by Crippen LogP contribution is -2.43. The highest BCUT2D eigenvalue weighted by atomic mass is 16.5. The van der Waals surface area contributed by atoms with Crippen molar-refractivity contribution in [2.24, 2.45) is 0 Å². The lowest BCUT2D eigenvalue weighted by atomic mass is 9.94. The molecule has 1 saturated heterocycles. The van der Waals surface area contributed by atoms with Crippen molar-refractivity contribution >= 4 is 0 Å². The van der Waals surface area contributed by atoms with Gasteiger partial charge in [0.25, 0.3) is 0 Å². The summed E-state index contributed by atoms with van der Waals surface area (Å²) in [5.41, 5.74) is 1.31. The predicted molar refractivity (Wildman–Crippen MR) is 65.1 cm³/mol. The first-order chi connectivity index (χ1) is 6.73. The number of hydrogen-bond acceptors (Lipinski definition) is 2. The van der Waals surface area contributed by atoms with Crippen LogP contribution in [0.15, 0.2) is 11.6 Å². The number of ether oxygens (including phenoxy) is 1. The van der Waals surface area contributed by atoms with Crippen molar-refractivity contribution in [3.63, 3.8) is 0 Å². The third kappa shape index (κ3) is 3.62. The zero-order valence-corrected chi connectivity index (χ0v) is 11.0. The largest absolute Gasteiger partial charge is 0.368 e. The van der Waals surface area contributed by atoms with Crippen molar-refractivity contribution < 1.29 is 4.74 Å². The Morgan fingerprint density at radius 2 is 1.93 bits per heavy atom. The van der Waals surface area contributed by atoms with Gasteiger partial charge in [-0.2, -0.15) is 0 Å². The molecule has 0 saturated carbocycles. The third-order valence-electron chi connectivity index (χ3n) is 2.95. The summed E-state index contributed by atoms with van der Waals surface area (Å²) in [7, 11) is 0. The fraction of sp³-hybridized carbons (Fsp3) is 0.846. The van der Waals surface area contributed by atoms with Crippen LogP contribution in [0.4, 0.5) is 0 Å². The minimum absolute atomic E-state index is 0.00609. The van der Waals surface area contributed by atoms with Gasteiger partial charge < -0.3 is 10.1 Å². The average Bonchev–Trinajstić information content (AvgIpc) is 2.18. The second kappa shape index (κ2) is 4.26. The van der Waals surface area contributed by atoms with Gasteiger partial charge in [-0.25, -0.2) is 0 Å². The average molecular weight is 211 g/mol. The monoisotopic (exact) mass is 211 g/mol. The second-order valence-corrected chi connectivity index (χ2v) is 5.91. The van der Waals surface area contributed by atoms with E-state index in [2.05, 4.69) is 52.9 Å². The minimum Gasteiger partial charge on any atom is -0.368 e. The number of nitrogens with one attached hydrogen (secondary N) is 1. The van der Waals surface area contributed by atoms with Crippen LogP contribution < -0.4 is 5.32 Å². The summed E-state index contributed by atoms with van der Waals surface area (Å²) in [6, 6.07) is 0.447. The maximum absolute atomic E-state index is 6.02. The van der Waals surface area contributed by atoms with E-state index >= 15 is 0 Å². The fourth-order valence-corrected chi connectivity index (χ4v) is 2.29. The molecule has 1 fully saturated rings. The standard InChI is InChI=1S/C13H25NO/c1-10(2)7-8-14-11-9-12(3,4)15-13(11,5)6/h7,11,14H,8-9H2,1-6H3. The highest BCUT2D eigenvalue weighted by Gasteiger charge is 2.45. The van der Waals surface area contributed by atoms with Crippen LogP contribution in [0.2, 0.25) is 0 Å². The highest BCUT2D eigenvalue weighted by Crippen LogP contribution is 2.37. The van der Waals surface area contributed by atoms with Gasteiger partial charge >= 0.3 is 0 Å². The van der Waals surface area contributed by atoms with E-state index in [4.69, 9.17) is 4.74 Å². The van der Waals surface area contributed by atoms with Gasteiger partial charge in [0.05, 0.1) is 11.2 Å². The molecule has 0 bridgehead atoms. The van der Waals surface area contributed by atoms with Crippen LogP contribution in [0.5, 0.6) is 0 Å². The summed E-state index contributed by atoms with van der Waals surface area (Å²) in [5.74, 6) is 0. The fourth-order valence-electron chi connectivity index (χ4n) is 2.29. The molecule has 2 heteroatoms. The van der Waals surface area contributed by atoms with Gasteiger partial charge in [-0.05, 0) is 48.0 Å². The molecule has 1 rings (SSSR count). The maximum Gasteiger partial charge on any atom is 0.0787 e. The normalized spacial score (nSPS) is 27.7. The summed E-state index contributed by atoms with van der Waals surface area (Å²) in [4.78, 5) is 0. The van der Waals surface area contributed by atoms with Crippen molar-refractivity contribution in [3.8, 4) is 0 Å². The number of allylic oxidation sites excluding steroid dienone is 1. The van der Waals surface area contributed by atoms with Crippen molar-refractivity contribution in [2.45, 2.75) is 65.2 Å². The van der Waals surface area contributed by atoms with Crippen molar-refractivity contribution in [1.82, 2.24) is 5.32 Å². The van der Waals surface area contributed by atoms with E-state index in [-0.39, 0.29) is 11.2 Å².